The average Bonchev–Trinajstić information content (AvgIpc) is 3.05. The van der Waals surface area contributed by atoms with E-state index in [0.717, 1.165) is 17.3 Å². The van der Waals surface area contributed by atoms with Gasteiger partial charge < -0.3 is 5.32 Å². The fraction of sp³-hybridized carbons (Fsp3) is 0.200. The third-order valence-electron chi connectivity index (χ3n) is 4.10. The summed E-state index contributed by atoms with van der Waals surface area (Å²) in [4.78, 5) is 16.7. The molecule has 0 unspecified atom stereocenters. The normalized spacial score (nSPS) is 10.7. The summed E-state index contributed by atoms with van der Waals surface area (Å²) in [6.45, 7) is 5.94. The summed E-state index contributed by atoms with van der Waals surface area (Å²) < 4.78 is 15.0. The second-order valence-electron chi connectivity index (χ2n) is 6.37. The van der Waals surface area contributed by atoms with Crippen LogP contribution in [0.25, 0.3) is 5.69 Å². The molecule has 0 aliphatic rings. The highest BCUT2D eigenvalue weighted by atomic mass is 19.1. The van der Waals surface area contributed by atoms with Crippen molar-refractivity contribution in [3.63, 3.8) is 0 Å². The van der Waals surface area contributed by atoms with Gasteiger partial charge >= 0.3 is 0 Å². The number of nitrogens with zero attached hydrogens (tertiary/aromatic N) is 4. The Morgan fingerprint density at radius 3 is 2.70 bits per heavy atom. The van der Waals surface area contributed by atoms with Crippen LogP contribution >= 0.6 is 0 Å². The second-order valence-corrected chi connectivity index (χ2v) is 6.37. The molecule has 3 rings (SSSR count). The Balaban J connectivity index is 1.91. The monoisotopic (exact) mass is 363 g/mol. The van der Waals surface area contributed by atoms with Crippen LogP contribution in [0.2, 0.25) is 0 Å². The number of hydrogen-bond donors (Lipinski definition) is 1. The van der Waals surface area contributed by atoms with E-state index in [-0.39, 0.29) is 17.3 Å². The summed E-state index contributed by atoms with van der Waals surface area (Å²) >= 11 is 0. The number of benzene rings is 2. The third kappa shape index (κ3) is 3.70. The zero-order valence-corrected chi connectivity index (χ0v) is 15.2. The standard InChI is InChI=1S/C20H18FN5O/c1-12(2)16-6-4-5-7-18(16)26-13(3)23-19(25-26)20(27)24-15-8-9-17(21)14(10-15)11-22/h4-10,12H,1-3H3,(H,24,27). The topological polar surface area (TPSA) is 83.6 Å². The molecule has 0 atom stereocenters. The molecule has 0 fully saturated rings. The first-order chi connectivity index (χ1) is 12.9. The molecule has 1 aromatic heterocycles. The lowest BCUT2D eigenvalue weighted by molar-refractivity contribution is 0.101. The van der Waals surface area contributed by atoms with Gasteiger partial charge in [0.15, 0.2) is 0 Å². The number of aromatic nitrogens is 3. The minimum absolute atomic E-state index is 0.00566. The minimum Gasteiger partial charge on any atom is -0.319 e. The van der Waals surface area contributed by atoms with Gasteiger partial charge in [-0.2, -0.15) is 5.26 Å². The van der Waals surface area contributed by atoms with Gasteiger partial charge in [0.1, 0.15) is 17.7 Å². The molecule has 0 radical (unpaired) electrons. The number of hydrogen-bond acceptors (Lipinski definition) is 4. The second kappa shape index (κ2) is 7.38. The molecule has 1 N–H and O–H groups in total. The lowest BCUT2D eigenvalue weighted by atomic mass is 10.0. The lowest BCUT2D eigenvalue weighted by Gasteiger charge is -2.12. The number of carbonyl (C=O) groups is 1. The van der Waals surface area contributed by atoms with Gasteiger partial charge in [-0.05, 0) is 42.7 Å². The summed E-state index contributed by atoms with van der Waals surface area (Å²) in [5, 5.41) is 15.8. The van der Waals surface area contributed by atoms with Crippen LogP contribution in [0.3, 0.4) is 0 Å². The highest BCUT2D eigenvalue weighted by molar-refractivity contribution is 6.01. The number of para-hydroxylation sites is 1. The Morgan fingerprint density at radius 2 is 2.00 bits per heavy atom. The fourth-order valence-electron chi connectivity index (χ4n) is 2.76. The molecule has 0 spiro atoms. The highest BCUT2D eigenvalue weighted by Gasteiger charge is 2.18. The highest BCUT2D eigenvalue weighted by Crippen LogP contribution is 2.23. The van der Waals surface area contributed by atoms with Crippen molar-refractivity contribution in [1.82, 2.24) is 14.8 Å². The number of carbonyl (C=O) groups excluding carboxylic acids is 1. The third-order valence-corrected chi connectivity index (χ3v) is 4.10. The summed E-state index contributed by atoms with van der Waals surface area (Å²) in [6.07, 6.45) is 0. The number of nitriles is 1. The summed E-state index contributed by atoms with van der Waals surface area (Å²) in [6, 6.07) is 13.3. The van der Waals surface area contributed by atoms with Crippen LogP contribution in [0.15, 0.2) is 42.5 Å². The number of amides is 1. The maximum absolute atomic E-state index is 13.4. The van der Waals surface area contributed by atoms with Crippen LogP contribution in [0.4, 0.5) is 10.1 Å². The van der Waals surface area contributed by atoms with Crippen molar-refractivity contribution in [3.05, 3.63) is 71.1 Å². The van der Waals surface area contributed by atoms with Crippen LogP contribution in [0, 0.1) is 24.1 Å². The van der Waals surface area contributed by atoms with Crippen LogP contribution < -0.4 is 5.32 Å². The van der Waals surface area contributed by atoms with Crippen molar-refractivity contribution in [1.29, 1.82) is 5.26 Å². The molecule has 0 saturated heterocycles. The van der Waals surface area contributed by atoms with Crippen molar-refractivity contribution in [3.8, 4) is 11.8 Å². The molecule has 0 aliphatic carbocycles. The Morgan fingerprint density at radius 1 is 1.26 bits per heavy atom. The van der Waals surface area contributed by atoms with E-state index in [9.17, 15) is 9.18 Å². The van der Waals surface area contributed by atoms with E-state index < -0.39 is 11.7 Å². The van der Waals surface area contributed by atoms with Crippen LogP contribution in [0.5, 0.6) is 0 Å². The van der Waals surface area contributed by atoms with E-state index in [1.807, 2.05) is 24.3 Å². The molecule has 27 heavy (non-hydrogen) atoms. The maximum Gasteiger partial charge on any atom is 0.295 e. The van der Waals surface area contributed by atoms with E-state index in [1.54, 1.807) is 17.7 Å². The number of aryl methyl sites for hydroxylation is 1. The minimum atomic E-state index is -0.640. The predicted molar refractivity (Wildman–Crippen MR) is 99.3 cm³/mol. The SMILES string of the molecule is Cc1nc(C(=O)Nc2ccc(F)c(C#N)c2)nn1-c1ccccc1C(C)C. The fourth-order valence-corrected chi connectivity index (χ4v) is 2.76. The van der Waals surface area contributed by atoms with Crippen molar-refractivity contribution in [2.24, 2.45) is 0 Å². The Kier molecular flexibility index (Phi) is 4.99. The molecule has 1 amide bonds. The smallest absolute Gasteiger partial charge is 0.295 e. The van der Waals surface area contributed by atoms with Crippen molar-refractivity contribution >= 4 is 11.6 Å². The summed E-state index contributed by atoms with van der Waals surface area (Å²) in [7, 11) is 0. The lowest BCUT2D eigenvalue weighted by Crippen LogP contribution is -2.14. The van der Waals surface area contributed by atoms with E-state index in [1.165, 1.54) is 12.1 Å². The molecule has 7 heteroatoms. The molecule has 1 heterocycles. The molecule has 0 aliphatic heterocycles. The molecular weight excluding hydrogens is 345 g/mol. The number of nitrogens with one attached hydrogen (secondary N) is 1. The Labute approximate surface area is 156 Å². The molecule has 3 aromatic rings. The van der Waals surface area contributed by atoms with Gasteiger partial charge in [-0.25, -0.2) is 14.1 Å². The van der Waals surface area contributed by atoms with Crippen molar-refractivity contribution in [2.75, 3.05) is 5.32 Å². The van der Waals surface area contributed by atoms with Gasteiger partial charge in [0, 0.05) is 5.69 Å². The van der Waals surface area contributed by atoms with Crippen molar-refractivity contribution in [2.45, 2.75) is 26.7 Å². The van der Waals surface area contributed by atoms with Gasteiger partial charge in [0.2, 0.25) is 5.82 Å². The zero-order chi connectivity index (χ0) is 19.6. The molecule has 0 saturated carbocycles. The van der Waals surface area contributed by atoms with Gasteiger partial charge in [-0.15, -0.1) is 5.10 Å². The zero-order valence-electron chi connectivity index (χ0n) is 15.2. The van der Waals surface area contributed by atoms with Crippen molar-refractivity contribution < 1.29 is 9.18 Å². The number of halogens is 1. The van der Waals surface area contributed by atoms with E-state index in [0.29, 0.717) is 11.5 Å². The number of anilines is 1. The van der Waals surface area contributed by atoms with Gasteiger partial charge in [-0.1, -0.05) is 32.0 Å². The largest absolute Gasteiger partial charge is 0.319 e. The summed E-state index contributed by atoms with van der Waals surface area (Å²) in [5.41, 5.74) is 2.11. The van der Waals surface area contributed by atoms with E-state index in [2.05, 4.69) is 29.2 Å². The molecule has 2 aromatic carbocycles. The Hall–Kier alpha value is -3.53. The average molecular weight is 363 g/mol. The first kappa shape index (κ1) is 18.3. The molecular formula is C20H18FN5O. The van der Waals surface area contributed by atoms with Gasteiger partial charge in [0.25, 0.3) is 5.91 Å². The van der Waals surface area contributed by atoms with Crippen LogP contribution in [-0.4, -0.2) is 20.7 Å². The van der Waals surface area contributed by atoms with E-state index in [4.69, 9.17) is 5.26 Å². The van der Waals surface area contributed by atoms with Gasteiger partial charge in [0.05, 0.1) is 11.3 Å². The quantitative estimate of drug-likeness (QED) is 0.760. The molecule has 136 valence electrons. The maximum atomic E-state index is 13.4. The first-order valence-electron chi connectivity index (χ1n) is 8.44. The van der Waals surface area contributed by atoms with Gasteiger partial charge in [-0.3, -0.25) is 4.79 Å². The van der Waals surface area contributed by atoms with Crippen LogP contribution in [-0.2, 0) is 0 Å². The predicted octanol–water partition coefficient (Wildman–Crippen LogP) is 3.96. The number of rotatable bonds is 4. The van der Waals surface area contributed by atoms with Crippen LogP contribution in [0.1, 0.15) is 47.3 Å². The molecule has 0 bridgehead atoms. The van der Waals surface area contributed by atoms with E-state index >= 15 is 0 Å². The Bertz CT molecular complexity index is 1050. The molecule has 6 nitrogen and oxygen atoms in total. The first-order valence-corrected chi connectivity index (χ1v) is 8.44. The summed E-state index contributed by atoms with van der Waals surface area (Å²) in [5.74, 6) is -0.321.